The summed E-state index contributed by atoms with van der Waals surface area (Å²) in [6.07, 6.45) is 4.25. The molecule has 8 rings (SSSR count). The number of likely N-dealkylation sites (tertiary alicyclic amines) is 2. The fourth-order valence-electron chi connectivity index (χ4n) is 8.78. The molecule has 0 radical (unpaired) electrons. The van der Waals surface area contributed by atoms with Gasteiger partial charge in [-0.1, -0.05) is 76.2 Å². The van der Waals surface area contributed by atoms with Gasteiger partial charge in [-0.3, -0.25) is 9.59 Å². The van der Waals surface area contributed by atoms with Crippen LogP contribution in [0, 0.1) is 23.7 Å². The Kier molecular flexibility index (Phi) is 10.4. The van der Waals surface area contributed by atoms with Gasteiger partial charge in [0.2, 0.25) is 11.8 Å². The minimum Gasteiger partial charge on any atom is -0.453 e. The summed E-state index contributed by atoms with van der Waals surface area (Å²) in [5.41, 5.74) is 5.54. The average Bonchev–Trinajstić information content (AvgIpc) is 3.85. The molecular formula is C42H49BrN8O6. The first-order chi connectivity index (χ1) is 27.4. The van der Waals surface area contributed by atoms with Crippen molar-refractivity contribution in [3.8, 4) is 33.6 Å². The number of carbonyl (C=O) groups excluding carboxylic acids is 4. The van der Waals surface area contributed by atoms with Gasteiger partial charge in [-0.05, 0) is 76.4 Å². The van der Waals surface area contributed by atoms with E-state index in [1.807, 2.05) is 68.0 Å². The smallest absolute Gasteiger partial charge is 0.407 e. The third-order valence-electron chi connectivity index (χ3n) is 12.1. The minimum absolute atomic E-state index is 0.100. The van der Waals surface area contributed by atoms with Gasteiger partial charge in [0.1, 0.15) is 34.0 Å². The number of carbonyl (C=O) groups is 4. The van der Waals surface area contributed by atoms with E-state index in [9.17, 15) is 19.2 Å². The summed E-state index contributed by atoms with van der Waals surface area (Å²) in [5, 5.41) is 5.47. The zero-order valence-electron chi connectivity index (χ0n) is 32.9. The highest BCUT2D eigenvalue weighted by molar-refractivity contribution is 9.10. The lowest BCUT2D eigenvalue weighted by Gasteiger charge is -2.31. The number of piperidine rings is 2. The molecule has 15 heteroatoms. The van der Waals surface area contributed by atoms with Gasteiger partial charge in [0, 0.05) is 29.4 Å². The van der Waals surface area contributed by atoms with Crippen molar-refractivity contribution in [3.63, 3.8) is 0 Å². The Morgan fingerprint density at radius 3 is 1.61 bits per heavy atom. The molecule has 2 saturated heterocycles. The van der Waals surface area contributed by atoms with E-state index >= 15 is 0 Å². The highest BCUT2D eigenvalue weighted by Crippen LogP contribution is 2.55. The Morgan fingerprint density at radius 2 is 1.14 bits per heavy atom. The Hall–Kier alpha value is -5.18. The SMILES string of the molecule is COC(=O)N[C@H](C(=O)N1C2C[C@@H]2C[C@H]1c1nc(-c2ccc(-c3ccc(-c4nc([C@@H]5CC6C[C@H]6N5C(=O)[C@@H](NC(=O)OC)C(C)C)[nH]c4Br)cc3)cc2)c[nH]1)C(C)C. The summed E-state index contributed by atoms with van der Waals surface area (Å²) in [5.74, 6) is 1.92. The van der Waals surface area contributed by atoms with Crippen LogP contribution in [0.15, 0.2) is 59.3 Å². The molecule has 8 atom stereocenters. The second kappa shape index (κ2) is 15.3. The predicted molar refractivity (Wildman–Crippen MR) is 215 cm³/mol. The van der Waals surface area contributed by atoms with Gasteiger partial charge < -0.3 is 39.9 Å². The summed E-state index contributed by atoms with van der Waals surface area (Å²) in [6, 6.07) is 15.0. The zero-order chi connectivity index (χ0) is 40.3. The molecule has 2 unspecified atom stereocenters. The van der Waals surface area contributed by atoms with Crippen molar-refractivity contribution in [3.05, 3.63) is 71.0 Å². The lowest BCUT2D eigenvalue weighted by Crippen LogP contribution is -2.52. The number of imidazole rings is 2. The number of aromatic amines is 2. The van der Waals surface area contributed by atoms with Crippen molar-refractivity contribution in [1.29, 1.82) is 0 Å². The van der Waals surface area contributed by atoms with E-state index in [2.05, 4.69) is 60.8 Å². The molecule has 4 aliphatic rings. The lowest BCUT2D eigenvalue weighted by atomic mass is 10.0. The van der Waals surface area contributed by atoms with E-state index in [0.717, 1.165) is 75.6 Å². The third-order valence-corrected chi connectivity index (χ3v) is 12.7. The number of amides is 4. The normalized spacial score (nSPS) is 24.2. The van der Waals surface area contributed by atoms with E-state index in [1.165, 1.54) is 14.2 Å². The first-order valence-corrected chi connectivity index (χ1v) is 20.5. The summed E-state index contributed by atoms with van der Waals surface area (Å²) < 4.78 is 10.3. The molecule has 4 fully saturated rings. The molecule has 2 aromatic carbocycles. The number of alkyl carbamates (subject to hydrolysis) is 2. The van der Waals surface area contributed by atoms with Crippen molar-refractivity contribution in [2.45, 2.75) is 89.6 Å². The summed E-state index contributed by atoms with van der Waals surface area (Å²) in [6.45, 7) is 7.67. The molecule has 4 heterocycles. The zero-order valence-corrected chi connectivity index (χ0v) is 34.5. The molecule has 4 N–H and O–H groups in total. The van der Waals surface area contributed by atoms with Crippen molar-refractivity contribution < 1.29 is 28.7 Å². The van der Waals surface area contributed by atoms with Crippen LogP contribution in [0.5, 0.6) is 0 Å². The van der Waals surface area contributed by atoms with E-state index < -0.39 is 24.3 Å². The molecule has 2 saturated carbocycles. The Labute approximate surface area is 340 Å². The van der Waals surface area contributed by atoms with Crippen LogP contribution in [-0.4, -0.2) is 92.1 Å². The topological polar surface area (TPSA) is 175 Å². The number of hydrogen-bond acceptors (Lipinski definition) is 8. The van der Waals surface area contributed by atoms with Crippen LogP contribution in [0.4, 0.5) is 9.59 Å². The van der Waals surface area contributed by atoms with Crippen molar-refractivity contribution in [1.82, 2.24) is 40.4 Å². The Morgan fingerprint density at radius 1 is 0.684 bits per heavy atom. The summed E-state index contributed by atoms with van der Waals surface area (Å²) >= 11 is 3.69. The number of nitrogens with one attached hydrogen (secondary N) is 4. The molecule has 2 aliphatic heterocycles. The molecule has 4 amide bonds. The average molecular weight is 842 g/mol. The Bertz CT molecular complexity index is 2170. The second-order valence-electron chi connectivity index (χ2n) is 16.4. The third kappa shape index (κ3) is 7.41. The molecule has 14 nitrogen and oxygen atoms in total. The van der Waals surface area contributed by atoms with Gasteiger partial charge in [0.15, 0.2) is 0 Å². The number of nitrogens with zero attached hydrogens (tertiary/aromatic N) is 4. The molecule has 0 spiro atoms. The van der Waals surface area contributed by atoms with Gasteiger partial charge in [0.25, 0.3) is 0 Å². The maximum Gasteiger partial charge on any atom is 0.407 e. The van der Waals surface area contributed by atoms with Crippen LogP contribution >= 0.6 is 15.9 Å². The quantitative estimate of drug-likeness (QED) is 0.125. The molecule has 4 aromatic rings. The summed E-state index contributed by atoms with van der Waals surface area (Å²) in [7, 11) is 2.60. The van der Waals surface area contributed by atoms with Gasteiger partial charge in [-0.15, -0.1) is 0 Å². The number of aromatic nitrogens is 4. The minimum atomic E-state index is -0.692. The lowest BCUT2D eigenvalue weighted by molar-refractivity contribution is -0.137. The maximum absolute atomic E-state index is 13.8. The number of ether oxygens (including phenoxy) is 2. The second-order valence-corrected chi connectivity index (χ2v) is 17.2. The number of rotatable bonds is 11. The number of benzene rings is 2. The van der Waals surface area contributed by atoms with Gasteiger partial charge in [0.05, 0.1) is 32.0 Å². The number of hydrogen-bond donors (Lipinski definition) is 4. The van der Waals surface area contributed by atoms with Crippen LogP contribution in [0.2, 0.25) is 0 Å². The van der Waals surface area contributed by atoms with E-state index in [0.29, 0.717) is 11.8 Å². The standard InChI is InChI=1S/C42H49BrN8O6/c1-20(2)33(47-41(54)56-5)39(52)50-29-15-26(29)17-31(50)37-44-19-28(45-37)24-11-7-22(8-12-24)23-9-13-25(14-10-23)35-36(43)49-38(46-35)32-18-27-16-30(27)51(32)40(53)34(21(3)4)48-42(55)57-6/h7-14,19-21,26-27,29-34H,15-18H2,1-6H3,(H,44,45)(H,46,49)(H,47,54)(H,48,55)/t26-,27?,29?,30-,31+,32+,33+,34+/m1/s1. The largest absolute Gasteiger partial charge is 0.453 e. The number of fused-ring (bicyclic) bond motifs is 2. The fourth-order valence-corrected chi connectivity index (χ4v) is 9.30. The molecule has 2 aromatic heterocycles. The van der Waals surface area contributed by atoms with E-state index in [4.69, 9.17) is 19.4 Å². The van der Waals surface area contributed by atoms with Crippen LogP contribution in [0.1, 0.15) is 77.1 Å². The van der Waals surface area contributed by atoms with Crippen LogP contribution < -0.4 is 10.6 Å². The van der Waals surface area contributed by atoms with Gasteiger partial charge >= 0.3 is 12.2 Å². The molecule has 57 heavy (non-hydrogen) atoms. The first-order valence-electron chi connectivity index (χ1n) is 19.7. The highest BCUT2D eigenvalue weighted by atomic mass is 79.9. The number of H-pyrrole nitrogens is 2. The van der Waals surface area contributed by atoms with Crippen molar-refractivity contribution in [2.75, 3.05) is 14.2 Å². The van der Waals surface area contributed by atoms with E-state index in [-0.39, 0.29) is 47.8 Å². The number of methoxy groups -OCH3 is 2. The van der Waals surface area contributed by atoms with Gasteiger partial charge in [-0.25, -0.2) is 19.6 Å². The van der Waals surface area contributed by atoms with E-state index in [1.54, 1.807) is 0 Å². The molecule has 0 bridgehead atoms. The predicted octanol–water partition coefficient (Wildman–Crippen LogP) is 6.98. The Balaban J connectivity index is 0.947. The molecular weight excluding hydrogens is 792 g/mol. The van der Waals surface area contributed by atoms with Crippen molar-refractivity contribution in [2.24, 2.45) is 23.7 Å². The maximum atomic E-state index is 13.8. The van der Waals surface area contributed by atoms with Crippen LogP contribution in [0.25, 0.3) is 33.6 Å². The first kappa shape index (κ1) is 38.7. The highest BCUT2D eigenvalue weighted by Gasteiger charge is 2.57. The van der Waals surface area contributed by atoms with Gasteiger partial charge in [-0.2, -0.15) is 0 Å². The fraction of sp³-hybridized carbons (Fsp3) is 0.476. The summed E-state index contributed by atoms with van der Waals surface area (Å²) in [4.78, 5) is 72.3. The number of halogens is 1. The molecule has 300 valence electrons. The monoisotopic (exact) mass is 840 g/mol. The van der Waals surface area contributed by atoms with Crippen LogP contribution in [-0.2, 0) is 19.1 Å². The van der Waals surface area contributed by atoms with Crippen LogP contribution in [0.3, 0.4) is 0 Å². The molecule has 2 aliphatic carbocycles. The van der Waals surface area contributed by atoms with Crippen molar-refractivity contribution >= 4 is 39.9 Å².